The van der Waals surface area contributed by atoms with Crippen LogP contribution in [-0.2, 0) is 17.8 Å². The number of carbonyl (C=O) groups excluding carboxylic acids is 1. The normalized spacial score (nSPS) is 11.3. The average Bonchev–Trinajstić information content (AvgIpc) is 2.54. The zero-order valence-corrected chi connectivity index (χ0v) is 11.1. The third-order valence-electron chi connectivity index (χ3n) is 2.99. The van der Waals surface area contributed by atoms with Crippen LogP contribution in [0.15, 0.2) is 24.4 Å². The van der Waals surface area contributed by atoms with Gasteiger partial charge >= 0.3 is 0 Å². The van der Waals surface area contributed by atoms with Crippen molar-refractivity contribution < 1.29 is 4.79 Å². The largest absolute Gasteiger partial charge is 0.369 e. The molecule has 4 heteroatoms. The molecule has 0 saturated carbocycles. The maximum absolute atomic E-state index is 11.1. The van der Waals surface area contributed by atoms with Gasteiger partial charge in [-0.05, 0) is 44.3 Å². The predicted octanol–water partition coefficient (Wildman–Crippen LogP) is 1.34. The van der Waals surface area contributed by atoms with Crippen molar-refractivity contribution in [1.82, 2.24) is 9.30 Å². The van der Waals surface area contributed by atoms with Crippen LogP contribution in [0, 0.1) is 6.92 Å². The van der Waals surface area contributed by atoms with Gasteiger partial charge in [-0.1, -0.05) is 6.07 Å². The van der Waals surface area contributed by atoms with E-state index >= 15 is 0 Å². The van der Waals surface area contributed by atoms with Crippen LogP contribution >= 0.6 is 0 Å². The molecule has 0 aliphatic carbocycles. The van der Waals surface area contributed by atoms with Gasteiger partial charge in [0.1, 0.15) is 0 Å². The van der Waals surface area contributed by atoms with Gasteiger partial charge in [0.15, 0.2) is 0 Å². The molecule has 4 nitrogen and oxygen atoms in total. The van der Waals surface area contributed by atoms with Crippen molar-refractivity contribution in [3.05, 3.63) is 41.2 Å². The molecule has 0 bridgehead atoms. The van der Waals surface area contributed by atoms with Gasteiger partial charge in [0.2, 0.25) is 5.91 Å². The van der Waals surface area contributed by atoms with Gasteiger partial charge in [-0.25, -0.2) is 0 Å². The number of nitrogens with zero attached hydrogens (tertiary/aromatic N) is 2. The molecule has 1 amide bonds. The first-order chi connectivity index (χ1) is 8.47. The summed E-state index contributed by atoms with van der Waals surface area (Å²) < 4.78 is 2.07. The Morgan fingerprint density at radius 2 is 2.11 bits per heavy atom. The second kappa shape index (κ2) is 4.82. The van der Waals surface area contributed by atoms with Crippen LogP contribution in [0.3, 0.4) is 0 Å². The van der Waals surface area contributed by atoms with Gasteiger partial charge in [0.05, 0.1) is 6.42 Å². The minimum Gasteiger partial charge on any atom is -0.369 e. The summed E-state index contributed by atoms with van der Waals surface area (Å²) >= 11 is 0. The number of rotatable bonds is 4. The number of carbonyl (C=O) groups is 1. The van der Waals surface area contributed by atoms with Crippen LogP contribution in [0.4, 0.5) is 0 Å². The first kappa shape index (κ1) is 12.6. The smallest absolute Gasteiger partial charge is 0.223 e. The van der Waals surface area contributed by atoms with Crippen molar-refractivity contribution in [2.75, 3.05) is 14.1 Å². The highest BCUT2D eigenvalue weighted by atomic mass is 16.1. The summed E-state index contributed by atoms with van der Waals surface area (Å²) in [7, 11) is 4.07. The zero-order valence-electron chi connectivity index (χ0n) is 11.1. The summed E-state index contributed by atoms with van der Waals surface area (Å²) in [5.41, 5.74) is 9.71. The summed E-state index contributed by atoms with van der Waals surface area (Å²) in [5, 5.41) is 0. The summed E-state index contributed by atoms with van der Waals surface area (Å²) in [5.74, 6) is -0.295. The highest BCUT2D eigenvalue weighted by Gasteiger charge is 2.10. The number of hydrogen-bond donors (Lipinski definition) is 1. The number of pyridine rings is 1. The van der Waals surface area contributed by atoms with E-state index < -0.39 is 0 Å². The van der Waals surface area contributed by atoms with Gasteiger partial charge in [0, 0.05) is 24.0 Å². The molecule has 0 spiro atoms. The minimum atomic E-state index is -0.295. The predicted molar refractivity (Wildman–Crippen MR) is 72.4 cm³/mol. The van der Waals surface area contributed by atoms with Crippen molar-refractivity contribution in [3.63, 3.8) is 0 Å². The Labute approximate surface area is 107 Å². The lowest BCUT2D eigenvalue weighted by Crippen LogP contribution is -2.16. The molecule has 0 atom stereocenters. The maximum Gasteiger partial charge on any atom is 0.223 e. The van der Waals surface area contributed by atoms with E-state index in [0.717, 1.165) is 23.3 Å². The first-order valence-electron chi connectivity index (χ1n) is 6.00. The Bertz CT molecular complexity index is 584. The molecule has 0 saturated heterocycles. The summed E-state index contributed by atoms with van der Waals surface area (Å²) in [6, 6.07) is 6.27. The molecule has 2 rings (SSSR count). The van der Waals surface area contributed by atoms with Crippen LogP contribution in [0.5, 0.6) is 0 Å². The Kier molecular flexibility index (Phi) is 3.39. The molecule has 2 aromatic heterocycles. The minimum absolute atomic E-state index is 0.283. The number of fused-ring (bicyclic) bond motifs is 1. The van der Waals surface area contributed by atoms with Crippen molar-refractivity contribution in [2.45, 2.75) is 19.9 Å². The average molecular weight is 245 g/mol. The molecule has 2 aromatic rings. The van der Waals surface area contributed by atoms with E-state index in [0.29, 0.717) is 0 Å². The molecule has 0 fully saturated rings. The monoisotopic (exact) mass is 245 g/mol. The first-order valence-corrected chi connectivity index (χ1v) is 6.00. The lowest BCUT2D eigenvalue weighted by atomic mass is 10.2. The van der Waals surface area contributed by atoms with Crippen molar-refractivity contribution in [1.29, 1.82) is 0 Å². The molecule has 0 aliphatic rings. The molecule has 2 heterocycles. The van der Waals surface area contributed by atoms with Crippen molar-refractivity contribution >= 4 is 11.4 Å². The molecule has 2 N–H and O–H groups in total. The van der Waals surface area contributed by atoms with E-state index in [2.05, 4.69) is 33.7 Å². The second-order valence-electron chi connectivity index (χ2n) is 4.99. The van der Waals surface area contributed by atoms with E-state index in [1.165, 1.54) is 5.56 Å². The van der Waals surface area contributed by atoms with Gasteiger partial charge in [-0.2, -0.15) is 0 Å². The molecule has 0 radical (unpaired) electrons. The quantitative estimate of drug-likeness (QED) is 0.883. The Hall–Kier alpha value is -1.81. The topological polar surface area (TPSA) is 50.7 Å². The number of amides is 1. The number of nitrogens with two attached hydrogens (primary N) is 1. The summed E-state index contributed by atoms with van der Waals surface area (Å²) in [6.07, 6.45) is 2.37. The van der Waals surface area contributed by atoms with E-state index in [1.54, 1.807) is 0 Å². The van der Waals surface area contributed by atoms with E-state index in [9.17, 15) is 4.79 Å². The zero-order chi connectivity index (χ0) is 13.3. The van der Waals surface area contributed by atoms with Gasteiger partial charge in [-0.15, -0.1) is 0 Å². The molecule has 0 aromatic carbocycles. The fourth-order valence-electron chi connectivity index (χ4n) is 2.25. The van der Waals surface area contributed by atoms with Gasteiger partial charge in [-0.3, -0.25) is 4.79 Å². The Morgan fingerprint density at radius 1 is 1.39 bits per heavy atom. The highest BCUT2D eigenvalue weighted by molar-refractivity contribution is 5.77. The summed E-state index contributed by atoms with van der Waals surface area (Å²) in [4.78, 5) is 13.2. The number of hydrogen-bond acceptors (Lipinski definition) is 2. The third-order valence-corrected chi connectivity index (χ3v) is 2.99. The van der Waals surface area contributed by atoms with E-state index in [1.807, 2.05) is 21.0 Å². The Morgan fingerprint density at radius 3 is 2.72 bits per heavy atom. The Balaban J connectivity index is 2.48. The SMILES string of the molecule is Cc1cc2ccc(CN(C)C)cn2c1CC(N)=O. The lowest BCUT2D eigenvalue weighted by Gasteiger charge is -2.11. The number of primary amides is 1. The van der Waals surface area contributed by atoms with Gasteiger partial charge in [0.25, 0.3) is 0 Å². The fraction of sp³-hybridized carbons (Fsp3) is 0.357. The second-order valence-corrected chi connectivity index (χ2v) is 4.99. The standard InChI is InChI=1S/C14H19N3O/c1-10-6-12-5-4-11(8-16(2)3)9-17(12)13(10)7-14(15)18/h4-6,9H,7-8H2,1-3H3,(H2,15,18). The van der Waals surface area contributed by atoms with Crippen molar-refractivity contribution in [2.24, 2.45) is 5.73 Å². The van der Waals surface area contributed by atoms with Crippen molar-refractivity contribution in [3.8, 4) is 0 Å². The number of aromatic nitrogens is 1. The number of aryl methyl sites for hydroxylation is 1. The molecule has 0 aliphatic heterocycles. The molecular weight excluding hydrogens is 226 g/mol. The molecular formula is C14H19N3O. The molecule has 18 heavy (non-hydrogen) atoms. The lowest BCUT2D eigenvalue weighted by molar-refractivity contribution is -0.117. The fourth-order valence-corrected chi connectivity index (χ4v) is 2.25. The maximum atomic E-state index is 11.1. The molecule has 96 valence electrons. The summed E-state index contributed by atoms with van der Waals surface area (Å²) in [6.45, 7) is 2.89. The van der Waals surface area contributed by atoms with Crippen LogP contribution in [0.2, 0.25) is 0 Å². The molecule has 0 unspecified atom stereocenters. The third kappa shape index (κ3) is 2.54. The van der Waals surface area contributed by atoms with E-state index in [-0.39, 0.29) is 12.3 Å². The van der Waals surface area contributed by atoms with Crippen LogP contribution in [0.25, 0.3) is 5.52 Å². The van der Waals surface area contributed by atoms with Crippen LogP contribution < -0.4 is 5.73 Å². The van der Waals surface area contributed by atoms with E-state index in [4.69, 9.17) is 5.73 Å². The van der Waals surface area contributed by atoms with Gasteiger partial charge < -0.3 is 15.0 Å². The highest BCUT2D eigenvalue weighted by Crippen LogP contribution is 2.18. The van der Waals surface area contributed by atoms with Crippen LogP contribution in [0.1, 0.15) is 16.8 Å². The van der Waals surface area contributed by atoms with Crippen LogP contribution in [-0.4, -0.2) is 29.3 Å².